The number of carbonyl (C=O) groups excluding carboxylic acids is 2. The lowest BCUT2D eigenvalue weighted by Gasteiger charge is -2.19. The Hall–Kier alpha value is -2.35. The fraction of sp³-hybridized carbons (Fsp3) is 0.632. The lowest BCUT2D eigenvalue weighted by Crippen LogP contribution is -2.33. The van der Waals surface area contributed by atoms with Crippen LogP contribution in [-0.2, 0) is 11.3 Å². The van der Waals surface area contributed by atoms with E-state index >= 15 is 0 Å². The van der Waals surface area contributed by atoms with Crippen LogP contribution in [0.3, 0.4) is 0 Å². The number of aliphatic hydroxyl groups excluding tert-OH is 1. The number of pyridine rings is 1. The van der Waals surface area contributed by atoms with Gasteiger partial charge < -0.3 is 25.0 Å². The van der Waals surface area contributed by atoms with E-state index in [1.165, 1.54) is 16.7 Å². The molecule has 0 saturated carbocycles. The number of unbranched alkanes of at least 4 members (excludes halogenated alkanes) is 3. The molecule has 0 atom stereocenters. The molecule has 152 valence electrons. The summed E-state index contributed by atoms with van der Waals surface area (Å²) in [5.74, 6) is -0.314. The SMILES string of the molecule is CC(C)(C)OC(=O)NCCCCCCn1cc(C(=O)NCCO)ccc1=O. The van der Waals surface area contributed by atoms with E-state index < -0.39 is 11.7 Å². The van der Waals surface area contributed by atoms with Gasteiger partial charge in [0, 0.05) is 31.9 Å². The first-order valence-corrected chi connectivity index (χ1v) is 9.29. The molecule has 0 aliphatic carbocycles. The maximum Gasteiger partial charge on any atom is 0.407 e. The number of aryl methyl sites for hydroxylation is 1. The molecule has 0 aliphatic heterocycles. The molecule has 8 nitrogen and oxygen atoms in total. The Morgan fingerprint density at radius 3 is 2.44 bits per heavy atom. The van der Waals surface area contributed by atoms with Gasteiger partial charge in [-0.05, 0) is 39.7 Å². The first-order chi connectivity index (χ1) is 12.7. The number of ether oxygens (including phenoxy) is 1. The summed E-state index contributed by atoms with van der Waals surface area (Å²) in [6.45, 7) is 6.58. The Kier molecular flexibility index (Phi) is 9.56. The van der Waals surface area contributed by atoms with E-state index in [2.05, 4.69) is 10.6 Å². The molecule has 1 aromatic rings. The fourth-order valence-corrected chi connectivity index (χ4v) is 2.38. The third-order valence-electron chi connectivity index (χ3n) is 3.64. The van der Waals surface area contributed by atoms with E-state index in [-0.39, 0.29) is 24.6 Å². The van der Waals surface area contributed by atoms with Crippen molar-refractivity contribution in [1.82, 2.24) is 15.2 Å². The largest absolute Gasteiger partial charge is 0.444 e. The summed E-state index contributed by atoms with van der Waals surface area (Å²) in [5, 5.41) is 14.0. The molecule has 2 amide bonds. The molecule has 0 aliphatic rings. The van der Waals surface area contributed by atoms with Gasteiger partial charge >= 0.3 is 6.09 Å². The summed E-state index contributed by atoms with van der Waals surface area (Å²) in [4.78, 5) is 35.3. The summed E-state index contributed by atoms with van der Waals surface area (Å²) in [5.41, 5.74) is -0.258. The smallest absolute Gasteiger partial charge is 0.407 e. The number of carbonyl (C=O) groups is 2. The molecule has 1 rings (SSSR count). The molecule has 1 aromatic heterocycles. The minimum Gasteiger partial charge on any atom is -0.444 e. The Bertz CT molecular complexity index is 664. The second-order valence-corrected chi connectivity index (χ2v) is 7.27. The van der Waals surface area contributed by atoms with Crippen LogP contribution in [0.2, 0.25) is 0 Å². The first kappa shape index (κ1) is 22.7. The van der Waals surface area contributed by atoms with Crippen molar-refractivity contribution in [3.63, 3.8) is 0 Å². The highest BCUT2D eigenvalue weighted by Gasteiger charge is 2.15. The Balaban J connectivity index is 2.29. The zero-order valence-corrected chi connectivity index (χ0v) is 16.4. The Morgan fingerprint density at radius 2 is 1.78 bits per heavy atom. The molecule has 0 saturated heterocycles. The number of nitrogens with zero attached hydrogens (tertiary/aromatic N) is 1. The van der Waals surface area contributed by atoms with Gasteiger partial charge in [-0.3, -0.25) is 9.59 Å². The molecular weight excluding hydrogens is 350 g/mol. The van der Waals surface area contributed by atoms with Gasteiger partial charge in [0.05, 0.1) is 12.2 Å². The van der Waals surface area contributed by atoms with Gasteiger partial charge in [0.15, 0.2) is 0 Å². The van der Waals surface area contributed by atoms with E-state index in [0.717, 1.165) is 25.7 Å². The number of alkyl carbamates (subject to hydrolysis) is 1. The third-order valence-corrected chi connectivity index (χ3v) is 3.64. The molecule has 0 unspecified atom stereocenters. The molecule has 0 aromatic carbocycles. The lowest BCUT2D eigenvalue weighted by molar-refractivity contribution is 0.0526. The van der Waals surface area contributed by atoms with Crippen LogP contribution in [0.25, 0.3) is 0 Å². The summed E-state index contributed by atoms with van der Waals surface area (Å²) >= 11 is 0. The summed E-state index contributed by atoms with van der Waals surface area (Å²) in [6, 6.07) is 2.85. The van der Waals surface area contributed by atoms with Crippen LogP contribution in [0.5, 0.6) is 0 Å². The Morgan fingerprint density at radius 1 is 1.07 bits per heavy atom. The van der Waals surface area contributed by atoms with Gasteiger partial charge in [-0.15, -0.1) is 0 Å². The number of amides is 2. The van der Waals surface area contributed by atoms with Crippen molar-refractivity contribution in [1.29, 1.82) is 0 Å². The second-order valence-electron chi connectivity index (χ2n) is 7.27. The van der Waals surface area contributed by atoms with Crippen molar-refractivity contribution in [2.45, 2.75) is 58.6 Å². The van der Waals surface area contributed by atoms with Crippen molar-refractivity contribution in [2.75, 3.05) is 19.7 Å². The van der Waals surface area contributed by atoms with Gasteiger partial charge in [0.25, 0.3) is 11.5 Å². The van der Waals surface area contributed by atoms with E-state index in [0.29, 0.717) is 18.7 Å². The van der Waals surface area contributed by atoms with Crippen LogP contribution in [0.15, 0.2) is 23.1 Å². The summed E-state index contributed by atoms with van der Waals surface area (Å²) < 4.78 is 6.68. The highest BCUT2D eigenvalue weighted by Crippen LogP contribution is 2.07. The monoisotopic (exact) mass is 381 g/mol. The normalized spacial score (nSPS) is 11.1. The van der Waals surface area contributed by atoms with Crippen molar-refractivity contribution in [3.05, 3.63) is 34.2 Å². The van der Waals surface area contributed by atoms with Crippen LogP contribution in [0, 0.1) is 0 Å². The van der Waals surface area contributed by atoms with Crippen molar-refractivity contribution in [3.8, 4) is 0 Å². The number of aliphatic hydroxyl groups is 1. The molecular formula is C19H31N3O5. The van der Waals surface area contributed by atoms with Gasteiger partial charge in [0.2, 0.25) is 0 Å². The molecule has 1 heterocycles. The third kappa shape index (κ3) is 9.79. The molecule has 0 bridgehead atoms. The summed E-state index contributed by atoms with van der Waals surface area (Å²) in [6.07, 6.45) is 4.58. The zero-order chi connectivity index (χ0) is 20.3. The van der Waals surface area contributed by atoms with Crippen LogP contribution < -0.4 is 16.2 Å². The summed E-state index contributed by atoms with van der Waals surface area (Å²) in [7, 11) is 0. The van der Waals surface area contributed by atoms with Crippen molar-refractivity contribution in [2.24, 2.45) is 0 Å². The van der Waals surface area contributed by atoms with Gasteiger partial charge in [0.1, 0.15) is 5.60 Å². The van der Waals surface area contributed by atoms with E-state index in [1.807, 2.05) is 20.8 Å². The highest BCUT2D eigenvalue weighted by molar-refractivity contribution is 5.93. The number of nitrogens with one attached hydrogen (secondary N) is 2. The Labute approximate surface area is 159 Å². The maximum absolute atomic E-state index is 11.9. The average molecular weight is 381 g/mol. The second kappa shape index (κ2) is 11.4. The molecule has 0 fully saturated rings. The van der Waals surface area contributed by atoms with E-state index in [1.54, 1.807) is 6.20 Å². The first-order valence-electron chi connectivity index (χ1n) is 9.29. The predicted molar refractivity (Wildman–Crippen MR) is 103 cm³/mol. The predicted octanol–water partition coefficient (Wildman–Crippen LogP) is 1.66. The number of hydrogen-bond donors (Lipinski definition) is 3. The van der Waals surface area contributed by atoms with Crippen LogP contribution in [0.1, 0.15) is 56.8 Å². The van der Waals surface area contributed by atoms with Crippen molar-refractivity contribution < 1.29 is 19.4 Å². The van der Waals surface area contributed by atoms with Gasteiger partial charge in [-0.25, -0.2) is 4.79 Å². The minimum absolute atomic E-state index is 0.131. The van der Waals surface area contributed by atoms with Crippen LogP contribution in [0.4, 0.5) is 4.79 Å². The molecule has 0 spiro atoms. The molecule has 27 heavy (non-hydrogen) atoms. The topological polar surface area (TPSA) is 110 Å². The maximum atomic E-state index is 11.9. The molecule has 8 heteroatoms. The number of aromatic nitrogens is 1. The van der Waals surface area contributed by atoms with Crippen molar-refractivity contribution >= 4 is 12.0 Å². The molecule has 0 radical (unpaired) electrons. The number of hydrogen-bond acceptors (Lipinski definition) is 5. The van der Waals surface area contributed by atoms with Crippen LogP contribution >= 0.6 is 0 Å². The van der Waals surface area contributed by atoms with E-state index in [9.17, 15) is 14.4 Å². The minimum atomic E-state index is -0.499. The highest BCUT2D eigenvalue weighted by atomic mass is 16.6. The zero-order valence-electron chi connectivity index (χ0n) is 16.4. The number of rotatable bonds is 10. The quantitative estimate of drug-likeness (QED) is 0.534. The molecule has 3 N–H and O–H groups in total. The average Bonchev–Trinajstić information content (AvgIpc) is 2.58. The fourth-order valence-electron chi connectivity index (χ4n) is 2.38. The van der Waals surface area contributed by atoms with Crippen LogP contribution in [-0.4, -0.2) is 47.0 Å². The van der Waals surface area contributed by atoms with Gasteiger partial charge in [-0.1, -0.05) is 12.8 Å². The standard InChI is InChI=1S/C19H31N3O5/c1-19(2,3)27-18(26)21-10-6-4-5-7-12-22-14-15(8-9-16(22)24)17(25)20-11-13-23/h8-9,14,23H,4-7,10-13H2,1-3H3,(H,20,25)(H,21,26). The van der Waals surface area contributed by atoms with E-state index in [4.69, 9.17) is 9.84 Å². The van der Waals surface area contributed by atoms with Gasteiger partial charge in [-0.2, -0.15) is 0 Å². The lowest BCUT2D eigenvalue weighted by atomic mass is 10.2.